The van der Waals surface area contributed by atoms with Crippen LogP contribution in [0, 0.1) is 0 Å². The summed E-state index contributed by atoms with van der Waals surface area (Å²) in [6, 6.07) is 24.0. The molecule has 0 spiro atoms. The number of cyclic esters (lactones) is 1. The van der Waals surface area contributed by atoms with Crippen LogP contribution < -0.4 is 14.4 Å². The third kappa shape index (κ3) is 5.25. The first-order valence-electron chi connectivity index (χ1n) is 14.3. The zero-order chi connectivity index (χ0) is 27.5. The average molecular weight is 541 g/mol. The van der Waals surface area contributed by atoms with Crippen LogP contribution in [0.5, 0.6) is 11.5 Å². The summed E-state index contributed by atoms with van der Waals surface area (Å²) < 4.78 is 17.6. The van der Waals surface area contributed by atoms with Crippen molar-refractivity contribution in [1.29, 1.82) is 0 Å². The molecule has 0 N–H and O–H groups in total. The summed E-state index contributed by atoms with van der Waals surface area (Å²) >= 11 is 0. The topological polar surface area (TPSA) is 68.3 Å². The molecule has 2 aliphatic heterocycles. The number of hydrogen-bond acceptors (Lipinski definition) is 5. The van der Waals surface area contributed by atoms with Gasteiger partial charge in [0, 0.05) is 36.7 Å². The molecule has 2 atom stereocenters. The number of piperidine rings is 1. The predicted octanol–water partition coefficient (Wildman–Crippen LogP) is 6.56. The molecule has 0 unspecified atom stereocenters. The van der Waals surface area contributed by atoms with Crippen molar-refractivity contribution in [2.45, 2.75) is 63.2 Å². The molecule has 1 saturated carbocycles. The van der Waals surface area contributed by atoms with Crippen molar-refractivity contribution in [3.63, 3.8) is 0 Å². The van der Waals surface area contributed by atoms with E-state index >= 15 is 0 Å². The molecule has 208 valence electrons. The summed E-state index contributed by atoms with van der Waals surface area (Å²) in [4.78, 5) is 29.8. The number of ether oxygens (including phenoxy) is 3. The number of para-hydroxylation sites is 1. The van der Waals surface area contributed by atoms with Gasteiger partial charge in [-0.3, -0.25) is 9.69 Å². The first-order chi connectivity index (χ1) is 19.6. The minimum atomic E-state index is -0.312. The van der Waals surface area contributed by atoms with Crippen LogP contribution in [-0.2, 0) is 11.3 Å². The van der Waals surface area contributed by atoms with Crippen LogP contribution in [0.3, 0.4) is 0 Å². The molecule has 3 aliphatic rings. The quantitative estimate of drug-likeness (QED) is 0.354. The van der Waals surface area contributed by atoms with Gasteiger partial charge in [0.2, 0.25) is 0 Å². The Kier molecular flexibility index (Phi) is 7.62. The molecule has 2 heterocycles. The lowest BCUT2D eigenvalue weighted by Gasteiger charge is -2.40. The van der Waals surface area contributed by atoms with Crippen molar-refractivity contribution in [3.8, 4) is 11.5 Å². The van der Waals surface area contributed by atoms with E-state index in [4.69, 9.17) is 14.2 Å². The fourth-order valence-electron chi connectivity index (χ4n) is 6.43. The number of benzene rings is 3. The van der Waals surface area contributed by atoms with Gasteiger partial charge in [-0.2, -0.15) is 0 Å². The van der Waals surface area contributed by atoms with E-state index in [1.54, 1.807) is 12.0 Å². The minimum Gasteiger partial charge on any atom is -0.496 e. The Morgan fingerprint density at radius 3 is 2.45 bits per heavy atom. The van der Waals surface area contributed by atoms with Crippen molar-refractivity contribution in [1.82, 2.24) is 4.90 Å². The maximum absolute atomic E-state index is 13.6. The lowest BCUT2D eigenvalue weighted by atomic mass is 9.81. The van der Waals surface area contributed by atoms with Crippen molar-refractivity contribution in [2.75, 3.05) is 25.1 Å². The SMILES string of the molecule is COc1cc(O[C@@H]2CCCC[C@@H]2c2ccccc2)ccc1C(=O)N1CCC(N2C(=O)OCc3ccccc32)CC1. The molecule has 1 aliphatic carbocycles. The van der Waals surface area contributed by atoms with Crippen molar-refractivity contribution in [2.24, 2.45) is 0 Å². The van der Waals surface area contributed by atoms with Gasteiger partial charge >= 0.3 is 6.09 Å². The fraction of sp³-hybridized carbons (Fsp3) is 0.394. The van der Waals surface area contributed by atoms with Gasteiger partial charge in [-0.1, -0.05) is 55.0 Å². The lowest BCUT2D eigenvalue weighted by molar-refractivity contribution is 0.0705. The summed E-state index contributed by atoms with van der Waals surface area (Å²) in [5.41, 5.74) is 3.76. The molecule has 2 fully saturated rings. The van der Waals surface area contributed by atoms with Gasteiger partial charge in [0.25, 0.3) is 5.91 Å². The van der Waals surface area contributed by atoms with E-state index in [1.165, 1.54) is 12.0 Å². The van der Waals surface area contributed by atoms with E-state index in [0.717, 1.165) is 36.3 Å². The van der Waals surface area contributed by atoms with Crippen LogP contribution in [0.2, 0.25) is 0 Å². The smallest absolute Gasteiger partial charge is 0.414 e. The number of amides is 2. The van der Waals surface area contributed by atoms with Crippen molar-refractivity contribution >= 4 is 17.7 Å². The summed E-state index contributed by atoms with van der Waals surface area (Å²) in [5.74, 6) is 1.53. The zero-order valence-corrected chi connectivity index (χ0v) is 23.0. The summed E-state index contributed by atoms with van der Waals surface area (Å²) in [6.45, 7) is 1.41. The van der Waals surface area contributed by atoms with E-state index in [0.29, 0.717) is 49.8 Å². The van der Waals surface area contributed by atoms with Crippen LogP contribution >= 0.6 is 0 Å². The Hall–Kier alpha value is -4.00. The number of hydrogen-bond donors (Lipinski definition) is 0. The van der Waals surface area contributed by atoms with E-state index in [1.807, 2.05) is 53.4 Å². The van der Waals surface area contributed by atoms with E-state index in [9.17, 15) is 9.59 Å². The summed E-state index contributed by atoms with van der Waals surface area (Å²) in [6.07, 6.45) is 5.62. The van der Waals surface area contributed by atoms with Gasteiger partial charge in [0.1, 0.15) is 24.2 Å². The molecule has 0 aromatic heterocycles. The van der Waals surface area contributed by atoms with Crippen LogP contribution in [0.1, 0.15) is 65.9 Å². The number of rotatable bonds is 6. The molecule has 1 saturated heterocycles. The van der Waals surface area contributed by atoms with Gasteiger partial charge in [-0.15, -0.1) is 0 Å². The molecule has 0 radical (unpaired) electrons. The Balaban J connectivity index is 1.13. The Bertz CT molecular complexity index is 1350. The molecule has 3 aromatic carbocycles. The van der Waals surface area contributed by atoms with E-state index in [2.05, 4.69) is 24.3 Å². The molecular weight excluding hydrogens is 504 g/mol. The Morgan fingerprint density at radius 1 is 0.900 bits per heavy atom. The highest BCUT2D eigenvalue weighted by Gasteiger charge is 2.35. The first-order valence-corrected chi connectivity index (χ1v) is 14.3. The van der Waals surface area contributed by atoms with Crippen LogP contribution in [0.25, 0.3) is 0 Å². The fourth-order valence-corrected chi connectivity index (χ4v) is 6.43. The molecule has 0 bridgehead atoms. The van der Waals surface area contributed by atoms with Crippen LogP contribution in [-0.4, -0.2) is 49.2 Å². The molecule has 2 amide bonds. The van der Waals surface area contributed by atoms with Crippen molar-refractivity contribution < 1.29 is 23.8 Å². The lowest BCUT2D eigenvalue weighted by Crippen LogP contribution is -2.50. The standard InChI is InChI=1S/C33H36N2O5/c1-38-31-21-26(40-30-14-8-6-12-27(30)23-9-3-2-4-10-23)15-16-28(31)32(36)34-19-17-25(18-20-34)35-29-13-7-5-11-24(29)22-39-33(35)37/h2-5,7,9-11,13,15-16,21,25,27,30H,6,8,12,14,17-20,22H2,1H3/t27-,30-/m1/s1. The first kappa shape index (κ1) is 26.2. The van der Waals surface area contributed by atoms with E-state index in [-0.39, 0.29) is 24.1 Å². The second kappa shape index (κ2) is 11.6. The molecule has 3 aromatic rings. The number of nitrogens with zero attached hydrogens (tertiary/aromatic N) is 2. The van der Waals surface area contributed by atoms with Crippen LogP contribution in [0.4, 0.5) is 10.5 Å². The number of likely N-dealkylation sites (tertiary alicyclic amines) is 1. The van der Waals surface area contributed by atoms with Gasteiger partial charge in [-0.25, -0.2) is 4.79 Å². The maximum Gasteiger partial charge on any atom is 0.414 e. The minimum absolute atomic E-state index is 0.0104. The van der Waals surface area contributed by atoms with Gasteiger partial charge in [0.15, 0.2) is 0 Å². The highest BCUT2D eigenvalue weighted by molar-refractivity contribution is 5.97. The molecule has 7 nitrogen and oxygen atoms in total. The predicted molar refractivity (Wildman–Crippen MR) is 153 cm³/mol. The molecular formula is C33H36N2O5. The monoisotopic (exact) mass is 540 g/mol. The number of anilines is 1. The van der Waals surface area contributed by atoms with Crippen LogP contribution in [0.15, 0.2) is 72.8 Å². The van der Waals surface area contributed by atoms with E-state index < -0.39 is 0 Å². The summed E-state index contributed by atoms with van der Waals surface area (Å²) in [5, 5.41) is 0. The Morgan fingerprint density at radius 2 is 1.65 bits per heavy atom. The number of carbonyl (C=O) groups excluding carboxylic acids is 2. The number of methoxy groups -OCH3 is 1. The second-order valence-electron chi connectivity index (χ2n) is 10.9. The second-order valence-corrected chi connectivity index (χ2v) is 10.9. The maximum atomic E-state index is 13.6. The third-order valence-corrected chi connectivity index (χ3v) is 8.54. The molecule has 40 heavy (non-hydrogen) atoms. The Labute approximate surface area is 235 Å². The molecule has 6 rings (SSSR count). The van der Waals surface area contributed by atoms with Gasteiger partial charge < -0.3 is 19.1 Å². The third-order valence-electron chi connectivity index (χ3n) is 8.54. The van der Waals surface area contributed by atoms with Gasteiger partial charge in [-0.05, 0) is 55.9 Å². The largest absolute Gasteiger partial charge is 0.496 e. The average Bonchev–Trinajstić information content (AvgIpc) is 3.01. The zero-order valence-electron chi connectivity index (χ0n) is 23.0. The normalized spacial score (nSPS) is 21.4. The molecule has 7 heteroatoms. The van der Waals surface area contributed by atoms with Crippen molar-refractivity contribution in [3.05, 3.63) is 89.5 Å². The summed E-state index contributed by atoms with van der Waals surface area (Å²) in [7, 11) is 1.59. The van der Waals surface area contributed by atoms with Gasteiger partial charge in [0.05, 0.1) is 18.4 Å². The highest BCUT2D eigenvalue weighted by atomic mass is 16.6. The highest BCUT2D eigenvalue weighted by Crippen LogP contribution is 2.37. The number of fused-ring (bicyclic) bond motifs is 1. The number of carbonyl (C=O) groups is 2.